The van der Waals surface area contributed by atoms with Gasteiger partial charge in [0.05, 0.1) is 5.41 Å². The molecule has 0 amide bonds. The molecule has 6 heteroatoms. The van der Waals surface area contributed by atoms with Crippen LogP contribution in [0, 0.1) is 11.3 Å². The molecule has 0 saturated heterocycles. The van der Waals surface area contributed by atoms with Crippen molar-refractivity contribution in [2.45, 2.75) is 51.6 Å². The Morgan fingerprint density at radius 3 is 2.68 bits per heavy atom. The minimum Gasteiger partial charge on any atom is -0.481 e. The van der Waals surface area contributed by atoms with Crippen molar-refractivity contribution in [2.24, 2.45) is 11.3 Å². The summed E-state index contributed by atoms with van der Waals surface area (Å²) in [6.45, 7) is 0.560. The van der Waals surface area contributed by atoms with Crippen molar-refractivity contribution in [3.8, 4) is 0 Å². The molecule has 0 bridgehead atoms. The highest BCUT2D eigenvalue weighted by Gasteiger charge is 2.42. The Bertz CT molecular complexity index is 304. The summed E-state index contributed by atoms with van der Waals surface area (Å²) in [6, 6.07) is 0. The lowest BCUT2D eigenvalue weighted by molar-refractivity contribution is -0.177. The van der Waals surface area contributed by atoms with E-state index < -0.39 is 24.2 Å². The van der Waals surface area contributed by atoms with Gasteiger partial charge in [-0.1, -0.05) is 26.2 Å². The van der Waals surface area contributed by atoms with Gasteiger partial charge in [-0.15, -0.1) is 0 Å². The fraction of sp³-hybridized carbons (Fsp3) is 0.923. The first kappa shape index (κ1) is 16.3. The van der Waals surface area contributed by atoms with E-state index in [-0.39, 0.29) is 13.0 Å². The summed E-state index contributed by atoms with van der Waals surface area (Å²) in [5.41, 5.74) is -0.898. The monoisotopic (exact) mass is 282 g/mol. The molecule has 0 radical (unpaired) electrons. The molecular formula is C13H21F3O3. The van der Waals surface area contributed by atoms with Crippen LogP contribution in [-0.2, 0) is 9.53 Å². The van der Waals surface area contributed by atoms with Gasteiger partial charge in [-0.3, -0.25) is 4.79 Å². The van der Waals surface area contributed by atoms with Crippen molar-refractivity contribution in [1.29, 1.82) is 0 Å². The predicted molar refractivity (Wildman–Crippen MR) is 63.8 cm³/mol. The number of carboxylic acid groups (broad SMARTS) is 1. The van der Waals surface area contributed by atoms with E-state index in [1.54, 1.807) is 0 Å². The molecule has 1 fully saturated rings. The summed E-state index contributed by atoms with van der Waals surface area (Å²) >= 11 is 0. The number of alkyl halides is 3. The molecule has 1 aliphatic carbocycles. The van der Waals surface area contributed by atoms with Crippen LogP contribution in [0.15, 0.2) is 0 Å². The molecule has 0 aromatic carbocycles. The fourth-order valence-electron chi connectivity index (χ4n) is 2.82. The highest BCUT2D eigenvalue weighted by Crippen LogP contribution is 2.43. The fourth-order valence-corrected chi connectivity index (χ4v) is 2.82. The van der Waals surface area contributed by atoms with Gasteiger partial charge in [0.2, 0.25) is 0 Å². The summed E-state index contributed by atoms with van der Waals surface area (Å²) in [7, 11) is 0. The third-order valence-electron chi connectivity index (χ3n) is 3.97. The zero-order valence-electron chi connectivity index (χ0n) is 11.1. The Hall–Kier alpha value is -0.780. The van der Waals surface area contributed by atoms with Crippen LogP contribution >= 0.6 is 0 Å². The van der Waals surface area contributed by atoms with Crippen LogP contribution in [-0.4, -0.2) is 30.5 Å². The Labute approximate surface area is 111 Å². The van der Waals surface area contributed by atoms with E-state index >= 15 is 0 Å². The van der Waals surface area contributed by atoms with Gasteiger partial charge < -0.3 is 9.84 Å². The third-order valence-corrected chi connectivity index (χ3v) is 3.97. The molecule has 1 rings (SSSR count). The van der Waals surface area contributed by atoms with E-state index in [2.05, 4.69) is 4.74 Å². The number of carboxylic acids is 1. The first-order valence-corrected chi connectivity index (χ1v) is 6.67. The zero-order valence-corrected chi connectivity index (χ0v) is 11.1. The van der Waals surface area contributed by atoms with Gasteiger partial charge in [-0.05, 0) is 25.2 Å². The lowest BCUT2D eigenvalue weighted by atomic mass is 9.67. The SMILES string of the molecule is CCC1CCCC(CCOCC(F)(F)F)(C(=O)O)C1. The van der Waals surface area contributed by atoms with Crippen molar-refractivity contribution in [3.05, 3.63) is 0 Å². The average molecular weight is 282 g/mol. The van der Waals surface area contributed by atoms with Crippen LogP contribution in [0.5, 0.6) is 0 Å². The highest BCUT2D eigenvalue weighted by molar-refractivity contribution is 5.74. The molecule has 1 aliphatic rings. The first-order chi connectivity index (χ1) is 8.79. The van der Waals surface area contributed by atoms with Crippen LogP contribution in [0.4, 0.5) is 13.2 Å². The van der Waals surface area contributed by atoms with E-state index in [1.807, 2.05) is 6.92 Å². The number of hydrogen-bond donors (Lipinski definition) is 1. The molecule has 0 heterocycles. The van der Waals surface area contributed by atoms with Crippen molar-refractivity contribution < 1.29 is 27.8 Å². The van der Waals surface area contributed by atoms with Crippen LogP contribution < -0.4 is 0 Å². The summed E-state index contributed by atoms with van der Waals surface area (Å²) in [4.78, 5) is 11.5. The maximum atomic E-state index is 12.0. The summed E-state index contributed by atoms with van der Waals surface area (Å²) in [5, 5.41) is 9.38. The number of ether oxygens (including phenoxy) is 1. The smallest absolute Gasteiger partial charge is 0.411 e. The standard InChI is InChI=1S/C13H21F3O3/c1-2-10-4-3-5-12(8-10,11(17)18)6-7-19-9-13(14,15)16/h10H,2-9H2,1H3,(H,17,18). The molecule has 0 spiro atoms. The minimum absolute atomic E-state index is 0.151. The number of carbonyl (C=O) groups is 1. The topological polar surface area (TPSA) is 46.5 Å². The molecule has 2 unspecified atom stereocenters. The molecule has 112 valence electrons. The van der Waals surface area contributed by atoms with Crippen LogP contribution in [0.25, 0.3) is 0 Å². The molecule has 0 aromatic heterocycles. The van der Waals surface area contributed by atoms with Crippen molar-refractivity contribution in [1.82, 2.24) is 0 Å². The molecule has 0 aromatic rings. The largest absolute Gasteiger partial charge is 0.481 e. The van der Waals surface area contributed by atoms with Crippen molar-refractivity contribution in [3.63, 3.8) is 0 Å². The number of aliphatic carboxylic acids is 1. The second-order valence-corrected chi connectivity index (χ2v) is 5.37. The Morgan fingerprint density at radius 1 is 1.47 bits per heavy atom. The maximum absolute atomic E-state index is 12.0. The average Bonchev–Trinajstić information content (AvgIpc) is 2.33. The Kier molecular flexibility index (Phi) is 5.64. The number of rotatable bonds is 6. The van der Waals surface area contributed by atoms with Gasteiger partial charge >= 0.3 is 12.1 Å². The van der Waals surface area contributed by atoms with E-state index in [0.29, 0.717) is 18.8 Å². The highest BCUT2D eigenvalue weighted by atomic mass is 19.4. The molecule has 3 nitrogen and oxygen atoms in total. The van der Waals surface area contributed by atoms with E-state index in [0.717, 1.165) is 19.3 Å². The zero-order chi connectivity index (χ0) is 14.5. The Morgan fingerprint density at radius 2 is 2.16 bits per heavy atom. The number of hydrogen-bond acceptors (Lipinski definition) is 2. The molecule has 0 aliphatic heterocycles. The lowest BCUT2D eigenvalue weighted by Crippen LogP contribution is -2.37. The minimum atomic E-state index is -4.35. The Balaban J connectivity index is 2.50. The van der Waals surface area contributed by atoms with E-state index in [9.17, 15) is 23.1 Å². The van der Waals surface area contributed by atoms with Gasteiger partial charge in [0.25, 0.3) is 0 Å². The predicted octanol–water partition coefficient (Wildman–Crippen LogP) is 3.63. The molecular weight excluding hydrogens is 261 g/mol. The van der Waals surface area contributed by atoms with Crippen LogP contribution in [0.2, 0.25) is 0 Å². The molecule has 2 atom stereocenters. The van der Waals surface area contributed by atoms with Gasteiger partial charge in [-0.25, -0.2) is 0 Å². The van der Waals surface area contributed by atoms with E-state index in [1.165, 1.54) is 0 Å². The van der Waals surface area contributed by atoms with Gasteiger partial charge in [0.15, 0.2) is 0 Å². The summed E-state index contributed by atoms with van der Waals surface area (Å²) in [6.07, 6.45) is -0.357. The summed E-state index contributed by atoms with van der Waals surface area (Å²) < 4.78 is 40.4. The molecule has 19 heavy (non-hydrogen) atoms. The van der Waals surface area contributed by atoms with Gasteiger partial charge in [-0.2, -0.15) is 13.2 Å². The van der Waals surface area contributed by atoms with Crippen LogP contribution in [0.3, 0.4) is 0 Å². The lowest BCUT2D eigenvalue weighted by Gasteiger charge is -2.37. The normalized spacial score (nSPS) is 28.3. The molecule has 1 saturated carbocycles. The van der Waals surface area contributed by atoms with Crippen molar-refractivity contribution >= 4 is 5.97 Å². The first-order valence-electron chi connectivity index (χ1n) is 6.67. The van der Waals surface area contributed by atoms with Gasteiger partial charge in [0.1, 0.15) is 6.61 Å². The third kappa shape index (κ3) is 5.01. The number of halogens is 3. The van der Waals surface area contributed by atoms with E-state index in [4.69, 9.17) is 0 Å². The quantitative estimate of drug-likeness (QED) is 0.757. The van der Waals surface area contributed by atoms with Crippen molar-refractivity contribution in [2.75, 3.05) is 13.2 Å². The van der Waals surface area contributed by atoms with Gasteiger partial charge in [0, 0.05) is 6.61 Å². The second kappa shape index (κ2) is 6.59. The summed E-state index contributed by atoms with van der Waals surface area (Å²) in [5.74, 6) is -0.547. The second-order valence-electron chi connectivity index (χ2n) is 5.37. The van der Waals surface area contributed by atoms with Crippen LogP contribution in [0.1, 0.15) is 45.4 Å². The molecule has 1 N–H and O–H groups in total. The maximum Gasteiger partial charge on any atom is 0.411 e.